The van der Waals surface area contributed by atoms with Crippen molar-refractivity contribution in [3.05, 3.63) is 24.3 Å². The fourth-order valence-electron chi connectivity index (χ4n) is 2.78. The highest BCUT2D eigenvalue weighted by atomic mass is 127. The molecule has 7 heteroatoms. The standard InChI is InChI=1S/C19H30N4O2.HI/c1-4-6-13-22(3)19(20-5-2)21-12-9-14-23-16-10-7-8-11-17(16)25-15-18(23)24;/h7-8,10-11H,4-6,9,12-15H2,1-3H3,(H,20,21);1H. The lowest BCUT2D eigenvalue weighted by molar-refractivity contribution is -0.121. The zero-order valence-electron chi connectivity index (χ0n) is 16.0. The molecule has 1 heterocycles. The normalized spacial score (nSPS) is 13.6. The largest absolute Gasteiger partial charge is 0.482 e. The van der Waals surface area contributed by atoms with Crippen molar-refractivity contribution >= 4 is 41.5 Å². The Bertz CT molecular complexity index is 595. The number of unbranched alkanes of at least 4 members (excludes halogenated alkanes) is 1. The molecule has 0 saturated heterocycles. The molecule has 0 fully saturated rings. The fraction of sp³-hybridized carbons (Fsp3) is 0.579. The minimum atomic E-state index is 0. The number of anilines is 1. The maximum atomic E-state index is 12.2. The highest BCUT2D eigenvalue weighted by Crippen LogP contribution is 2.31. The summed E-state index contributed by atoms with van der Waals surface area (Å²) < 4.78 is 5.48. The van der Waals surface area contributed by atoms with Gasteiger partial charge in [-0.05, 0) is 31.9 Å². The first-order chi connectivity index (χ1) is 12.2. The van der Waals surface area contributed by atoms with E-state index in [0.29, 0.717) is 13.1 Å². The van der Waals surface area contributed by atoms with E-state index in [2.05, 4.69) is 31.1 Å². The summed E-state index contributed by atoms with van der Waals surface area (Å²) in [4.78, 5) is 20.8. The van der Waals surface area contributed by atoms with Gasteiger partial charge >= 0.3 is 0 Å². The lowest BCUT2D eigenvalue weighted by Gasteiger charge is -2.29. The number of ether oxygens (including phenoxy) is 1. The van der Waals surface area contributed by atoms with Gasteiger partial charge in [0.15, 0.2) is 12.6 Å². The summed E-state index contributed by atoms with van der Waals surface area (Å²) in [5, 5.41) is 3.33. The summed E-state index contributed by atoms with van der Waals surface area (Å²) in [6.07, 6.45) is 3.14. The number of carbonyl (C=O) groups excluding carboxylic acids is 1. The highest BCUT2D eigenvalue weighted by molar-refractivity contribution is 14.0. The zero-order valence-corrected chi connectivity index (χ0v) is 18.4. The van der Waals surface area contributed by atoms with Crippen LogP contribution in [0.2, 0.25) is 0 Å². The smallest absolute Gasteiger partial charge is 0.265 e. The average Bonchev–Trinajstić information content (AvgIpc) is 2.63. The van der Waals surface area contributed by atoms with Gasteiger partial charge in [-0.15, -0.1) is 24.0 Å². The second-order valence-corrected chi connectivity index (χ2v) is 6.17. The van der Waals surface area contributed by atoms with Gasteiger partial charge in [-0.2, -0.15) is 0 Å². The van der Waals surface area contributed by atoms with Gasteiger partial charge in [0.05, 0.1) is 5.69 Å². The number of rotatable bonds is 8. The van der Waals surface area contributed by atoms with Gasteiger partial charge < -0.3 is 19.9 Å². The van der Waals surface area contributed by atoms with Crippen molar-refractivity contribution < 1.29 is 9.53 Å². The number of amides is 1. The molecular weight excluding hydrogens is 443 g/mol. The predicted octanol–water partition coefficient (Wildman–Crippen LogP) is 3.12. The van der Waals surface area contributed by atoms with Crippen LogP contribution in [0.25, 0.3) is 0 Å². The van der Waals surface area contributed by atoms with Crippen LogP contribution in [0.1, 0.15) is 33.1 Å². The highest BCUT2D eigenvalue weighted by Gasteiger charge is 2.24. The fourth-order valence-corrected chi connectivity index (χ4v) is 2.78. The summed E-state index contributed by atoms with van der Waals surface area (Å²) in [6.45, 7) is 7.57. The monoisotopic (exact) mass is 474 g/mol. The van der Waals surface area contributed by atoms with Gasteiger partial charge in [0, 0.05) is 33.2 Å². The number of nitrogens with zero attached hydrogens (tertiary/aromatic N) is 3. The van der Waals surface area contributed by atoms with E-state index in [1.54, 1.807) is 0 Å². The van der Waals surface area contributed by atoms with Crippen LogP contribution in [0.3, 0.4) is 0 Å². The molecule has 0 aliphatic carbocycles. The Morgan fingerprint density at radius 3 is 2.81 bits per heavy atom. The maximum Gasteiger partial charge on any atom is 0.265 e. The van der Waals surface area contributed by atoms with Crippen molar-refractivity contribution in [3.8, 4) is 5.75 Å². The third kappa shape index (κ3) is 6.34. The van der Waals surface area contributed by atoms with Crippen LogP contribution in [0.5, 0.6) is 5.75 Å². The predicted molar refractivity (Wildman–Crippen MR) is 118 cm³/mol. The first-order valence-electron chi connectivity index (χ1n) is 9.19. The molecule has 26 heavy (non-hydrogen) atoms. The topological polar surface area (TPSA) is 57.2 Å². The Morgan fingerprint density at radius 1 is 1.31 bits per heavy atom. The van der Waals surface area contributed by atoms with E-state index in [-0.39, 0.29) is 36.5 Å². The number of hydrogen-bond donors (Lipinski definition) is 1. The molecule has 1 aromatic rings. The summed E-state index contributed by atoms with van der Waals surface area (Å²) in [6, 6.07) is 7.68. The molecule has 0 aromatic heterocycles. The van der Waals surface area contributed by atoms with Crippen LogP contribution in [-0.2, 0) is 4.79 Å². The van der Waals surface area contributed by atoms with Crippen LogP contribution in [0.15, 0.2) is 29.3 Å². The second-order valence-electron chi connectivity index (χ2n) is 6.17. The van der Waals surface area contributed by atoms with Gasteiger partial charge in [0.2, 0.25) is 0 Å². The van der Waals surface area contributed by atoms with Crippen molar-refractivity contribution in [3.63, 3.8) is 0 Å². The molecule has 0 bridgehead atoms. The molecule has 1 aliphatic rings. The lowest BCUT2D eigenvalue weighted by Crippen LogP contribution is -2.40. The van der Waals surface area contributed by atoms with E-state index in [4.69, 9.17) is 9.73 Å². The van der Waals surface area contributed by atoms with Gasteiger partial charge in [-0.3, -0.25) is 9.79 Å². The number of para-hydroxylation sites is 2. The molecule has 6 nitrogen and oxygen atoms in total. The van der Waals surface area contributed by atoms with Crippen molar-refractivity contribution in [2.75, 3.05) is 44.7 Å². The van der Waals surface area contributed by atoms with E-state index in [1.807, 2.05) is 29.2 Å². The molecule has 0 spiro atoms. The third-order valence-electron chi connectivity index (χ3n) is 4.15. The van der Waals surface area contributed by atoms with Crippen LogP contribution < -0.4 is 15.0 Å². The van der Waals surface area contributed by atoms with Gasteiger partial charge in [0.25, 0.3) is 5.91 Å². The number of halogens is 1. The Balaban J connectivity index is 0.00000338. The van der Waals surface area contributed by atoms with Crippen molar-refractivity contribution in [2.24, 2.45) is 4.99 Å². The van der Waals surface area contributed by atoms with Crippen LogP contribution in [0, 0.1) is 0 Å². The number of hydrogen-bond acceptors (Lipinski definition) is 3. The summed E-state index contributed by atoms with van der Waals surface area (Å²) in [5.41, 5.74) is 0.856. The molecule has 0 atom stereocenters. The number of aliphatic imine (C=N–C) groups is 1. The van der Waals surface area contributed by atoms with E-state index in [0.717, 1.165) is 43.3 Å². The van der Waals surface area contributed by atoms with E-state index in [9.17, 15) is 4.79 Å². The molecular formula is C19H31IN4O2. The second kappa shape index (κ2) is 12.0. The Labute approximate surface area is 174 Å². The molecule has 1 N–H and O–H groups in total. The lowest BCUT2D eigenvalue weighted by atomic mass is 10.2. The SMILES string of the molecule is CCCCN(C)C(=NCCCN1C(=O)COc2ccccc21)NCC.I. The van der Waals surface area contributed by atoms with Crippen molar-refractivity contribution in [1.29, 1.82) is 0 Å². The molecule has 1 aromatic carbocycles. The first kappa shape index (κ1) is 22.5. The molecule has 146 valence electrons. The van der Waals surface area contributed by atoms with Crippen LogP contribution >= 0.6 is 24.0 Å². The number of fused-ring (bicyclic) bond motifs is 1. The van der Waals surface area contributed by atoms with Gasteiger partial charge in [-0.1, -0.05) is 25.5 Å². The summed E-state index contributed by atoms with van der Waals surface area (Å²) >= 11 is 0. The van der Waals surface area contributed by atoms with E-state index in [1.165, 1.54) is 6.42 Å². The Kier molecular flexibility index (Phi) is 10.4. The average molecular weight is 474 g/mol. The third-order valence-corrected chi connectivity index (χ3v) is 4.15. The summed E-state index contributed by atoms with van der Waals surface area (Å²) in [5.74, 6) is 1.72. The number of nitrogens with one attached hydrogen (secondary N) is 1. The maximum absolute atomic E-state index is 12.2. The number of guanidine groups is 1. The van der Waals surface area contributed by atoms with Gasteiger partial charge in [-0.25, -0.2) is 0 Å². The molecule has 0 unspecified atom stereocenters. The van der Waals surface area contributed by atoms with E-state index >= 15 is 0 Å². The summed E-state index contributed by atoms with van der Waals surface area (Å²) in [7, 11) is 2.07. The van der Waals surface area contributed by atoms with Gasteiger partial charge in [0.1, 0.15) is 5.75 Å². The molecule has 0 radical (unpaired) electrons. The van der Waals surface area contributed by atoms with Crippen molar-refractivity contribution in [2.45, 2.75) is 33.1 Å². The zero-order chi connectivity index (χ0) is 18.1. The molecule has 1 amide bonds. The van der Waals surface area contributed by atoms with Crippen LogP contribution in [-0.4, -0.2) is 56.6 Å². The van der Waals surface area contributed by atoms with Crippen LogP contribution in [0.4, 0.5) is 5.69 Å². The first-order valence-corrected chi connectivity index (χ1v) is 9.19. The Hall–Kier alpha value is -1.51. The van der Waals surface area contributed by atoms with E-state index < -0.39 is 0 Å². The quantitative estimate of drug-likeness (QED) is 0.272. The molecule has 2 rings (SSSR count). The minimum Gasteiger partial charge on any atom is -0.482 e. The minimum absolute atomic E-state index is 0. The number of benzene rings is 1. The number of carbonyl (C=O) groups is 1. The van der Waals surface area contributed by atoms with Crippen molar-refractivity contribution in [1.82, 2.24) is 10.2 Å². The molecule has 0 saturated carbocycles. The Morgan fingerprint density at radius 2 is 2.08 bits per heavy atom. The molecule has 1 aliphatic heterocycles.